The van der Waals surface area contributed by atoms with Crippen molar-refractivity contribution in [1.82, 2.24) is 4.90 Å². The average molecular weight is 311 g/mol. The van der Waals surface area contributed by atoms with E-state index >= 15 is 0 Å². The highest BCUT2D eigenvalue weighted by Crippen LogP contribution is 2.50. The summed E-state index contributed by atoms with van der Waals surface area (Å²) in [7, 11) is 1.68. The van der Waals surface area contributed by atoms with Gasteiger partial charge >= 0.3 is 0 Å². The number of likely N-dealkylation sites (tertiary alicyclic amines) is 1. The van der Waals surface area contributed by atoms with Crippen molar-refractivity contribution >= 4 is 5.91 Å². The first-order chi connectivity index (χ1) is 11.3. The highest BCUT2D eigenvalue weighted by Gasteiger charge is 2.49. The lowest BCUT2D eigenvalue weighted by Crippen LogP contribution is -2.32. The molecule has 2 heterocycles. The molecular weight excluding hydrogens is 290 g/mol. The zero-order valence-electron chi connectivity index (χ0n) is 13.3. The average Bonchev–Trinajstić information content (AvgIpc) is 3.02. The van der Waals surface area contributed by atoms with Crippen molar-refractivity contribution in [1.29, 1.82) is 0 Å². The molecule has 3 atom stereocenters. The van der Waals surface area contributed by atoms with Gasteiger partial charge in [0.25, 0.3) is 0 Å². The first-order valence-corrected chi connectivity index (χ1v) is 8.26. The van der Waals surface area contributed by atoms with Crippen LogP contribution in [0.3, 0.4) is 0 Å². The molecule has 2 fully saturated rings. The molecule has 0 spiro atoms. The van der Waals surface area contributed by atoms with Gasteiger partial charge in [0.1, 0.15) is 11.5 Å². The third-order valence-corrected chi connectivity index (χ3v) is 5.03. The van der Waals surface area contributed by atoms with Crippen LogP contribution in [-0.4, -0.2) is 24.5 Å². The zero-order valence-corrected chi connectivity index (χ0v) is 13.3. The predicted octanol–water partition coefficient (Wildman–Crippen LogP) is 3.76. The van der Waals surface area contributed by atoms with Crippen LogP contribution in [0.15, 0.2) is 47.1 Å². The normalized spacial score (nSPS) is 26.3. The molecule has 0 radical (unpaired) electrons. The molecule has 1 aromatic carbocycles. The summed E-state index contributed by atoms with van der Waals surface area (Å²) in [5, 5.41) is 0. The van der Waals surface area contributed by atoms with Crippen molar-refractivity contribution < 1.29 is 13.9 Å². The summed E-state index contributed by atoms with van der Waals surface area (Å²) >= 11 is 0. The van der Waals surface area contributed by atoms with Gasteiger partial charge in [-0.3, -0.25) is 4.79 Å². The Balaban J connectivity index is 1.50. The minimum absolute atomic E-state index is 0.0901. The summed E-state index contributed by atoms with van der Waals surface area (Å²) in [5.41, 5.74) is 1.17. The van der Waals surface area contributed by atoms with E-state index in [-0.39, 0.29) is 23.8 Å². The zero-order chi connectivity index (χ0) is 15.8. The fraction of sp³-hybridized carbons (Fsp3) is 0.421. The molecule has 4 heteroatoms. The number of nitrogens with zero attached hydrogens (tertiary/aromatic N) is 1. The van der Waals surface area contributed by atoms with Gasteiger partial charge in [0, 0.05) is 18.4 Å². The van der Waals surface area contributed by atoms with Gasteiger partial charge in [-0.15, -0.1) is 0 Å². The molecule has 2 aromatic rings. The molecule has 0 N–H and O–H groups in total. The van der Waals surface area contributed by atoms with Crippen LogP contribution in [0.2, 0.25) is 0 Å². The fourth-order valence-electron chi connectivity index (χ4n) is 3.72. The van der Waals surface area contributed by atoms with E-state index in [2.05, 4.69) is 11.0 Å². The second kappa shape index (κ2) is 5.76. The van der Waals surface area contributed by atoms with Crippen molar-refractivity contribution in [2.45, 2.75) is 31.2 Å². The second-order valence-electron chi connectivity index (χ2n) is 6.43. The highest BCUT2D eigenvalue weighted by atomic mass is 16.5. The van der Waals surface area contributed by atoms with Gasteiger partial charge < -0.3 is 14.1 Å². The Morgan fingerprint density at radius 1 is 1.30 bits per heavy atom. The van der Waals surface area contributed by atoms with Crippen molar-refractivity contribution in [2.24, 2.45) is 5.92 Å². The Labute approximate surface area is 136 Å². The Bertz CT molecular complexity index is 694. The Hall–Kier alpha value is -2.23. The molecule has 1 amide bonds. The SMILES string of the molecule is COc1cccc([C@@H]2CCCN2C(=O)[C@@H]2C[C@H]2c2ccco2)c1. The maximum absolute atomic E-state index is 12.9. The first kappa shape index (κ1) is 14.4. The molecule has 2 aliphatic rings. The maximum atomic E-state index is 12.9. The molecule has 23 heavy (non-hydrogen) atoms. The molecule has 4 rings (SSSR count). The van der Waals surface area contributed by atoms with Crippen molar-refractivity contribution in [3.05, 3.63) is 54.0 Å². The molecule has 120 valence electrons. The lowest BCUT2D eigenvalue weighted by Gasteiger charge is -2.25. The molecule has 1 aliphatic heterocycles. The van der Waals surface area contributed by atoms with Crippen LogP contribution in [0, 0.1) is 5.92 Å². The quantitative estimate of drug-likeness (QED) is 0.863. The number of hydrogen-bond acceptors (Lipinski definition) is 3. The third-order valence-electron chi connectivity index (χ3n) is 5.03. The Kier molecular flexibility index (Phi) is 3.60. The molecule has 0 bridgehead atoms. The molecule has 1 aliphatic carbocycles. The highest BCUT2D eigenvalue weighted by molar-refractivity contribution is 5.83. The van der Waals surface area contributed by atoms with E-state index in [1.165, 1.54) is 5.56 Å². The summed E-state index contributed by atoms with van der Waals surface area (Å²) in [6, 6.07) is 12.1. The van der Waals surface area contributed by atoms with Crippen LogP contribution in [0.1, 0.15) is 42.5 Å². The van der Waals surface area contributed by atoms with Gasteiger partial charge in [-0.25, -0.2) is 0 Å². The summed E-state index contributed by atoms with van der Waals surface area (Å²) in [4.78, 5) is 15.0. The van der Waals surface area contributed by atoms with Gasteiger partial charge in [-0.2, -0.15) is 0 Å². The van der Waals surface area contributed by atoms with Crippen LogP contribution in [0.25, 0.3) is 0 Å². The van der Waals surface area contributed by atoms with Crippen molar-refractivity contribution in [3.63, 3.8) is 0 Å². The van der Waals surface area contributed by atoms with Crippen LogP contribution in [0.5, 0.6) is 5.75 Å². The summed E-state index contributed by atoms with van der Waals surface area (Å²) in [6.45, 7) is 0.849. The number of methoxy groups -OCH3 is 1. The fourth-order valence-corrected chi connectivity index (χ4v) is 3.72. The predicted molar refractivity (Wildman–Crippen MR) is 86.2 cm³/mol. The smallest absolute Gasteiger partial charge is 0.226 e. The van der Waals surface area contributed by atoms with Crippen LogP contribution in [-0.2, 0) is 4.79 Å². The van der Waals surface area contributed by atoms with E-state index in [1.807, 2.05) is 30.3 Å². The molecule has 1 saturated carbocycles. The number of hydrogen-bond donors (Lipinski definition) is 0. The number of rotatable bonds is 4. The van der Waals surface area contributed by atoms with E-state index < -0.39 is 0 Å². The second-order valence-corrected chi connectivity index (χ2v) is 6.43. The summed E-state index contributed by atoms with van der Waals surface area (Å²) in [5.74, 6) is 2.43. The lowest BCUT2D eigenvalue weighted by atomic mass is 10.0. The van der Waals surface area contributed by atoms with Crippen molar-refractivity contribution in [3.8, 4) is 5.75 Å². The van der Waals surface area contributed by atoms with E-state index in [0.29, 0.717) is 0 Å². The Morgan fingerprint density at radius 3 is 3.00 bits per heavy atom. The number of amides is 1. The van der Waals surface area contributed by atoms with E-state index in [4.69, 9.17) is 9.15 Å². The molecule has 4 nitrogen and oxygen atoms in total. The van der Waals surface area contributed by atoms with Crippen LogP contribution in [0.4, 0.5) is 0 Å². The number of ether oxygens (including phenoxy) is 1. The van der Waals surface area contributed by atoms with Gasteiger partial charge in [-0.05, 0) is 49.1 Å². The topological polar surface area (TPSA) is 42.7 Å². The Morgan fingerprint density at radius 2 is 2.22 bits per heavy atom. The van der Waals surface area contributed by atoms with Gasteiger partial charge in [0.15, 0.2) is 0 Å². The van der Waals surface area contributed by atoms with Gasteiger partial charge in [-0.1, -0.05) is 12.1 Å². The number of benzene rings is 1. The molecule has 1 saturated heterocycles. The minimum Gasteiger partial charge on any atom is -0.497 e. The summed E-state index contributed by atoms with van der Waals surface area (Å²) in [6.07, 6.45) is 4.68. The number of furan rings is 1. The molecule has 1 aromatic heterocycles. The third kappa shape index (κ3) is 2.62. The monoisotopic (exact) mass is 311 g/mol. The molecule has 0 unspecified atom stereocenters. The van der Waals surface area contributed by atoms with Crippen LogP contribution < -0.4 is 4.74 Å². The van der Waals surface area contributed by atoms with Crippen LogP contribution >= 0.6 is 0 Å². The minimum atomic E-state index is 0.0901. The van der Waals surface area contributed by atoms with E-state index in [0.717, 1.165) is 37.3 Å². The van der Waals surface area contributed by atoms with Crippen molar-refractivity contribution in [2.75, 3.05) is 13.7 Å². The maximum Gasteiger partial charge on any atom is 0.226 e. The van der Waals surface area contributed by atoms with Gasteiger partial charge in [0.2, 0.25) is 5.91 Å². The van der Waals surface area contributed by atoms with E-state index in [9.17, 15) is 4.79 Å². The number of carbonyl (C=O) groups is 1. The number of carbonyl (C=O) groups excluding carboxylic acids is 1. The standard InChI is InChI=1S/C19H21NO3/c1-22-14-6-2-5-13(11-14)17-7-3-9-20(17)19(21)16-12-15(16)18-8-4-10-23-18/h2,4-6,8,10-11,15-17H,3,7,9,12H2,1H3/t15-,16-,17+/m1/s1. The first-order valence-electron chi connectivity index (χ1n) is 8.26. The van der Waals surface area contributed by atoms with Gasteiger partial charge in [0.05, 0.1) is 19.4 Å². The lowest BCUT2D eigenvalue weighted by molar-refractivity contribution is -0.133. The van der Waals surface area contributed by atoms with E-state index in [1.54, 1.807) is 13.4 Å². The summed E-state index contributed by atoms with van der Waals surface area (Å²) < 4.78 is 10.8. The largest absolute Gasteiger partial charge is 0.497 e. The molecular formula is C19H21NO3.